The zero-order chi connectivity index (χ0) is 13.5. The van der Waals surface area contributed by atoms with Crippen molar-refractivity contribution in [3.05, 3.63) is 0 Å². The fourth-order valence-electron chi connectivity index (χ4n) is 1.40. The van der Waals surface area contributed by atoms with Gasteiger partial charge in [-0.1, -0.05) is 13.8 Å². The molecule has 1 amide bonds. The number of rotatable bonds is 6. The summed E-state index contributed by atoms with van der Waals surface area (Å²) in [5, 5.41) is 20.3. The Labute approximate surface area is 101 Å². The first-order valence-electron chi connectivity index (χ1n) is 5.42. The van der Waals surface area contributed by atoms with Crippen LogP contribution in [0.2, 0.25) is 0 Å². The van der Waals surface area contributed by atoms with Crippen LogP contribution < -0.4 is 5.32 Å². The van der Waals surface area contributed by atoms with Gasteiger partial charge < -0.3 is 15.2 Å². The molecule has 0 heterocycles. The molecule has 0 aromatic rings. The Morgan fingerprint density at radius 2 is 2.00 bits per heavy atom. The first-order valence-corrected chi connectivity index (χ1v) is 5.42. The number of methoxy groups -OCH3 is 1. The lowest BCUT2D eigenvalue weighted by Gasteiger charge is -2.24. The van der Waals surface area contributed by atoms with Crippen LogP contribution in [0, 0.1) is 16.7 Å². The third-order valence-electron chi connectivity index (χ3n) is 2.83. The number of nitrogens with one attached hydrogen (secondary N) is 1. The summed E-state index contributed by atoms with van der Waals surface area (Å²) in [4.78, 5) is 23.1. The Bertz CT molecular complexity index is 318. The van der Waals surface area contributed by atoms with Gasteiger partial charge in [0.15, 0.2) is 6.04 Å². The number of ether oxygens (including phenoxy) is 1. The van der Waals surface area contributed by atoms with Gasteiger partial charge in [0.2, 0.25) is 5.91 Å². The number of aliphatic hydroxyl groups excluding tert-OH is 1. The van der Waals surface area contributed by atoms with Crippen LogP contribution in [0.15, 0.2) is 0 Å². The average Bonchev–Trinajstić information content (AvgIpc) is 2.37. The standard InChI is InChI=1S/C11H18N2O4/c1-4-11(5-2,7-12)10(16)13-8(6-14)9(15)17-3/h8,14H,4-6H2,1-3H3,(H,13,16). The number of amides is 1. The molecule has 1 unspecified atom stereocenters. The zero-order valence-corrected chi connectivity index (χ0v) is 10.3. The third-order valence-corrected chi connectivity index (χ3v) is 2.83. The number of hydrogen-bond donors (Lipinski definition) is 2. The van der Waals surface area contributed by atoms with E-state index in [2.05, 4.69) is 10.1 Å². The van der Waals surface area contributed by atoms with Crippen LogP contribution in [-0.2, 0) is 14.3 Å². The van der Waals surface area contributed by atoms with Crippen molar-refractivity contribution >= 4 is 11.9 Å². The number of nitrogens with zero attached hydrogens (tertiary/aromatic N) is 1. The minimum atomic E-state index is -1.17. The molecule has 0 aromatic carbocycles. The topological polar surface area (TPSA) is 99.4 Å². The van der Waals surface area contributed by atoms with Gasteiger partial charge >= 0.3 is 5.97 Å². The highest BCUT2D eigenvalue weighted by atomic mass is 16.5. The van der Waals surface area contributed by atoms with Gasteiger partial charge in [0.1, 0.15) is 5.41 Å². The zero-order valence-electron chi connectivity index (χ0n) is 10.3. The third kappa shape index (κ3) is 3.43. The average molecular weight is 242 g/mol. The SMILES string of the molecule is CCC(C#N)(CC)C(=O)NC(CO)C(=O)OC. The van der Waals surface area contributed by atoms with Gasteiger partial charge in [0.25, 0.3) is 0 Å². The van der Waals surface area contributed by atoms with Gasteiger partial charge in [-0.25, -0.2) is 4.79 Å². The summed E-state index contributed by atoms with van der Waals surface area (Å²) in [6.07, 6.45) is 0.677. The van der Waals surface area contributed by atoms with Gasteiger partial charge in [-0.15, -0.1) is 0 Å². The van der Waals surface area contributed by atoms with E-state index in [1.54, 1.807) is 13.8 Å². The van der Waals surface area contributed by atoms with Crippen molar-refractivity contribution in [1.82, 2.24) is 5.32 Å². The second kappa shape index (κ2) is 6.86. The van der Waals surface area contributed by atoms with Crippen LogP contribution >= 0.6 is 0 Å². The Morgan fingerprint density at radius 3 is 2.29 bits per heavy atom. The number of carbonyl (C=O) groups excluding carboxylic acids is 2. The van der Waals surface area contributed by atoms with Gasteiger partial charge in [-0.3, -0.25) is 4.79 Å². The second-order valence-electron chi connectivity index (χ2n) is 3.63. The van der Waals surface area contributed by atoms with Crippen molar-refractivity contribution in [2.24, 2.45) is 5.41 Å². The molecule has 0 saturated heterocycles. The van der Waals surface area contributed by atoms with Crippen LogP contribution in [0.25, 0.3) is 0 Å². The summed E-state index contributed by atoms with van der Waals surface area (Å²) >= 11 is 0. The molecule has 6 nitrogen and oxygen atoms in total. The Kier molecular flexibility index (Phi) is 6.21. The molecule has 0 radical (unpaired) electrons. The molecular formula is C11H18N2O4. The maximum atomic E-state index is 11.9. The van der Waals surface area contributed by atoms with Crippen LogP contribution in [0.1, 0.15) is 26.7 Å². The van der Waals surface area contributed by atoms with E-state index in [9.17, 15) is 9.59 Å². The molecule has 17 heavy (non-hydrogen) atoms. The second-order valence-corrected chi connectivity index (χ2v) is 3.63. The molecule has 0 aliphatic rings. The summed E-state index contributed by atoms with van der Waals surface area (Å²) in [7, 11) is 1.16. The molecule has 0 aliphatic carbocycles. The van der Waals surface area contributed by atoms with Crippen molar-refractivity contribution < 1.29 is 19.4 Å². The quantitative estimate of drug-likeness (QED) is 0.637. The van der Waals surface area contributed by atoms with Crippen molar-refractivity contribution in [2.45, 2.75) is 32.7 Å². The Balaban J connectivity index is 4.83. The van der Waals surface area contributed by atoms with E-state index in [1.807, 2.05) is 6.07 Å². The predicted molar refractivity (Wildman–Crippen MR) is 59.7 cm³/mol. The smallest absolute Gasteiger partial charge is 0.330 e. The minimum Gasteiger partial charge on any atom is -0.467 e. The fraction of sp³-hybridized carbons (Fsp3) is 0.727. The van der Waals surface area contributed by atoms with Crippen molar-refractivity contribution in [2.75, 3.05) is 13.7 Å². The molecule has 0 aliphatic heterocycles. The molecule has 1 atom stereocenters. The first-order chi connectivity index (χ1) is 8.01. The van der Waals surface area contributed by atoms with E-state index < -0.39 is 29.9 Å². The summed E-state index contributed by atoms with van der Waals surface area (Å²) in [6.45, 7) is 2.88. The number of aliphatic hydroxyl groups is 1. The van der Waals surface area contributed by atoms with Crippen molar-refractivity contribution in [3.63, 3.8) is 0 Å². The maximum Gasteiger partial charge on any atom is 0.330 e. The first kappa shape index (κ1) is 15.4. The van der Waals surface area contributed by atoms with Gasteiger partial charge in [0, 0.05) is 0 Å². The summed E-state index contributed by atoms with van der Waals surface area (Å²) in [6, 6.07) is 0.829. The number of esters is 1. The van der Waals surface area contributed by atoms with Crippen molar-refractivity contribution in [3.8, 4) is 6.07 Å². The molecule has 0 spiro atoms. The highest BCUT2D eigenvalue weighted by Crippen LogP contribution is 2.25. The highest BCUT2D eigenvalue weighted by Gasteiger charge is 2.37. The van der Waals surface area contributed by atoms with Gasteiger partial charge in [0.05, 0.1) is 19.8 Å². The molecule has 0 aromatic heterocycles. The number of nitriles is 1. The normalized spacial score (nSPS) is 12.4. The number of hydrogen-bond acceptors (Lipinski definition) is 5. The summed E-state index contributed by atoms with van der Waals surface area (Å²) in [5.74, 6) is -1.30. The van der Waals surface area contributed by atoms with Crippen LogP contribution in [-0.4, -0.2) is 36.7 Å². The van der Waals surface area contributed by atoms with Gasteiger partial charge in [-0.05, 0) is 12.8 Å². The molecule has 2 N–H and O–H groups in total. The van der Waals surface area contributed by atoms with Gasteiger partial charge in [-0.2, -0.15) is 5.26 Å². The molecule has 96 valence electrons. The number of carbonyl (C=O) groups is 2. The minimum absolute atomic E-state index is 0.338. The van der Waals surface area contributed by atoms with E-state index in [-0.39, 0.29) is 0 Å². The molecule has 0 rings (SSSR count). The maximum absolute atomic E-state index is 11.9. The lowest BCUT2D eigenvalue weighted by atomic mass is 9.83. The largest absolute Gasteiger partial charge is 0.467 e. The Morgan fingerprint density at radius 1 is 1.47 bits per heavy atom. The molecule has 0 fully saturated rings. The molecule has 0 saturated carbocycles. The van der Waals surface area contributed by atoms with Crippen molar-refractivity contribution in [1.29, 1.82) is 5.26 Å². The lowest BCUT2D eigenvalue weighted by Crippen LogP contribution is -2.49. The van der Waals surface area contributed by atoms with Crippen LogP contribution in [0.5, 0.6) is 0 Å². The molecular weight excluding hydrogens is 224 g/mol. The van der Waals surface area contributed by atoms with E-state index >= 15 is 0 Å². The van der Waals surface area contributed by atoms with E-state index in [0.717, 1.165) is 7.11 Å². The van der Waals surface area contributed by atoms with E-state index in [4.69, 9.17) is 10.4 Å². The Hall–Kier alpha value is -1.61. The van der Waals surface area contributed by atoms with Crippen LogP contribution in [0.4, 0.5) is 0 Å². The lowest BCUT2D eigenvalue weighted by molar-refractivity contribution is -0.147. The summed E-state index contributed by atoms with van der Waals surface area (Å²) in [5.41, 5.74) is -1.17. The van der Waals surface area contributed by atoms with E-state index in [0.29, 0.717) is 12.8 Å². The highest BCUT2D eigenvalue weighted by molar-refractivity contribution is 5.89. The monoisotopic (exact) mass is 242 g/mol. The van der Waals surface area contributed by atoms with Crippen LogP contribution in [0.3, 0.4) is 0 Å². The molecule has 0 bridgehead atoms. The fourth-order valence-corrected chi connectivity index (χ4v) is 1.40. The summed E-state index contributed by atoms with van der Waals surface area (Å²) < 4.78 is 4.42. The van der Waals surface area contributed by atoms with E-state index in [1.165, 1.54) is 0 Å². The predicted octanol–water partition coefficient (Wildman–Crippen LogP) is -0.0335. The molecule has 6 heteroatoms.